The first-order chi connectivity index (χ1) is 8.97. The molecule has 0 aliphatic carbocycles. The number of carbonyl (C=O) groups excluding carboxylic acids is 1. The maximum atomic E-state index is 12.1. The average Bonchev–Trinajstić information content (AvgIpc) is 2.71. The molecule has 1 aromatic rings. The van der Waals surface area contributed by atoms with Crippen LogP contribution in [0.4, 0.5) is 9.80 Å². The number of likely N-dealkylation sites (tertiary alicyclic amines) is 1. The summed E-state index contributed by atoms with van der Waals surface area (Å²) < 4.78 is 0. The number of rotatable bonds is 2. The Morgan fingerprint density at radius 2 is 2.05 bits per heavy atom. The molecule has 0 unspecified atom stereocenters. The lowest BCUT2D eigenvalue weighted by Gasteiger charge is -2.30. The lowest BCUT2D eigenvalue weighted by atomic mass is 10.00. The zero-order valence-electron chi connectivity index (χ0n) is 11.1. The third-order valence-electron chi connectivity index (χ3n) is 3.38. The van der Waals surface area contributed by atoms with Crippen molar-refractivity contribution in [3.8, 4) is 0 Å². The van der Waals surface area contributed by atoms with Gasteiger partial charge in [-0.2, -0.15) is 0 Å². The Labute approximate surface area is 116 Å². The van der Waals surface area contributed by atoms with E-state index in [2.05, 4.69) is 12.2 Å². The van der Waals surface area contributed by atoms with Crippen molar-refractivity contribution in [2.45, 2.75) is 26.7 Å². The summed E-state index contributed by atoms with van der Waals surface area (Å²) in [5.41, 5.74) is 0.168. The van der Waals surface area contributed by atoms with E-state index in [9.17, 15) is 9.59 Å². The van der Waals surface area contributed by atoms with Crippen molar-refractivity contribution < 1.29 is 14.7 Å². The van der Waals surface area contributed by atoms with Gasteiger partial charge in [-0.3, -0.25) is 5.32 Å². The first-order valence-electron chi connectivity index (χ1n) is 6.37. The molecule has 2 amide bonds. The number of carboxylic acid groups (broad SMARTS) is 1. The summed E-state index contributed by atoms with van der Waals surface area (Å²) >= 11 is 1.30. The van der Waals surface area contributed by atoms with Gasteiger partial charge in [-0.15, -0.1) is 11.3 Å². The van der Waals surface area contributed by atoms with Crippen LogP contribution in [-0.4, -0.2) is 35.1 Å². The van der Waals surface area contributed by atoms with Gasteiger partial charge in [0.2, 0.25) is 0 Å². The molecular weight excluding hydrogens is 264 g/mol. The highest BCUT2D eigenvalue weighted by atomic mass is 32.1. The molecule has 0 aromatic carbocycles. The summed E-state index contributed by atoms with van der Waals surface area (Å²) in [6.07, 6.45) is 2.01. The minimum atomic E-state index is -1.01. The Morgan fingerprint density at radius 1 is 1.42 bits per heavy atom. The highest BCUT2D eigenvalue weighted by Crippen LogP contribution is 2.28. The number of thiophene rings is 1. The predicted molar refractivity (Wildman–Crippen MR) is 75.0 cm³/mol. The number of nitrogens with one attached hydrogen (secondary N) is 1. The molecule has 104 valence electrons. The van der Waals surface area contributed by atoms with E-state index in [1.165, 1.54) is 11.3 Å². The van der Waals surface area contributed by atoms with Gasteiger partial charge in [0.25, 0.3) is 0 Å². The quantitative estimate of drug-likeness (QED) is 0.876. The van der Waals surface area contributed by atoms with Gasteiger partial charge in [0.15, 0.2) is 0 Å². The van der Waals surface area contributed by atoms with Crippen molar-refractivity contribution in [3.63, 3.8) is 0 Å². The van der Waals surface area contributed by atoms with Gasteiger partial charge in [0.1, 0.15) is 5.00 Å². The van der Waals surface area contributed by atoms with E-state index in [-0.39, 0.29) is 11.6 Å². The number of hydrogen-bond acceptors (Lipinski definition) is 3. The van der Waals surface area contributed by atoms with Gasteiger partial charge in [-0.25, -0.2) is 9.59 Å². The van der Waals surface area contributed by atoms with Crippen molar-refractivity contribution in [1.82, 2.24) is 4.90 Å². The molecule has 1 fully saturated rings. The van der Waals surface area contributed by atoms with Gasteiger partial charge in [-0.05, 0) is 31.7 Å². The number of urea groups is 1. The molecule has 1 aliphatic rings. The second kappa shape index (κ2) is 5.61. The van der Waals surface area contributed by atoms with E-state index in [0.29, 0.717) is 10.9 Å². The number of aryl methyl sites for hydroxylation is 1. The number of amides is 2. The van der Waals surface area contributed by atoms with Crippen LogP contribution in [0.2, 0.25) is 0 Å². The minimum absolute atomic E-state index is 0.168. The first kappa shape index (κ1) is 13.9. The second-order valence-electron chi connectivity index (χ2n) is 5.00. The molecule has 0 bridgehead atoms. The van der Waals surface area contributed by atoms with Gasteiger partial charge in [-0.1, -0.05) is 6.92 Å². The van der Waals surface area contributed by atoms with Gasteiger partial charge in [0, 0.05) is 18.0 Å². The summed E-state index contributed by atoms with van der Waals surface area (Å²) in [4.78, 5) is 25.8. The third-order valence-corrected chi connectivity index (χ3v) is 4.34. The van der Waals surface area contributed by atoms with E-state index in [4.69, 9.17) is 5.11 Å². The summed E-state index contributed by atoms with van der Waals surface area (Å²) in [6.45, 7) is 5.48. The number of carbonyl (C=O) groups is 2. The van der Waals surface area contributed by atoms with Crippen molar-refractivity contribution in [3.05, 3.63) is 16.5 Å². The van der Waals surface area contributed by atoms with Crippen LogP contribution in [0.25, 0.3) is 0 Å². The molecule has 6 heteroatoms. The zero-order valence-corrected chi connectivity index (χ0v) is 11.9. The highest BCUT2D eigenvalue weighted by molar-refractivity contribution is 7.16. The SMILES string of the molecule is Cc1cc(C(=O)O)c(NC(=O)N2CCC(C)CC2)s1. The van der Waals surface area contributed by atoms with Crippen LogP contribution in [0.3, 0.4) is 0 Å². The number of carboxylic acids is 1. The molecule has 19 heavy (non-hydrogen) atoms. The Kier molecular flexibility index (Phi) is 4.09. The number of anilines is 1. The van der Waals surface area contributed by atoms with Crippen LogP contribution in [0.1, 0.15) is 35.0 Å². The van der Waals surface area contributed by atoms with Crippen molar-refractivity contribution in [2.24, 2.45) is 5.92 Å². The molecular formula is C13H18N2O3S. The third kappa shape index (κ3) is 3.26. The normalized spacial score (nSPS) is 16.4. The van der Waals surface area contributed by atoms with E-state index in [0.717, 1.165) is 30.8 Å². The average molecular weight is 282 g/mol. The minimum Gasteiger partial charge on any atom is -0.478 e. The van der Waals surface area contributed by atoms with Crippen molar-refractivity contribution >= 4 is 28.3 Å². The number of aromatic carboxylic acids is 1. The monoisotopic (exact) mass is 282 g/mol. The van der Waals surface area contributed by atoms with Gasteiger partial charge in [0.05, 0.1) is 5.56 Å². The fourth-order valence-corrected chi connectivity index (χ4v) is 3.05. The fourth-order valence-electron chi connectivity index (χ4n) is 2.15. The topological polar surface area (TPSA) is 69.6 Å². The second-order valence-corrected chi connectivity index (χ2v) is 6.26. The van der Waals surface area contributed by atoms with Crippen LogP contribution in [0, 0.1) is 12.8 Å². The smallest absolute Gasteiger partial charge is 0.338 e. The summed E-state index contributed by atoms with van der Waals surface area (Å²) in [5.74, 6) is -0.352. The van der Waals surface area contributed by atoms with Crippen LogP contribution < -0.4 is 5.32 Å². The van der Waals surface area contributed by atoms with Crippen LogP contribution in [0.5, 0.6) is 0 Å². The Hall–Kier alpha value is -1.56. The van der Waals surface area contributed by atoms with Crippen LogP contribution in [0.15, 0.2) is 6.07 Å². The standard InChI is InChI=1S/C13H18N2O3S/c1-8-3-5-15(6-4-8)13(18)14-11-10(12(16)17)7-9(2)19-11/h7-8H,3-6H2,1-2H3,(H,14,18)(H,16,17). The van der Waals surface area contributed by atoms with Crippen molar-refractivity contribution in [2.75, 3.05) is 18.4 Å². The van der Waals surface area contributed by atoms with Crippen LogP contribution >= 0.6 is 11.3 Å². The summed E-state index contributed by atoms with van der Waals surface area (Å²) in [5, 5.41) is 12.2. The lowest BCUT2D eigenvalue weighted by molar-refractivity contribution is 0.0698. The molecule has 2 N–H and O–H groups in total. The van der Waals surface area contributed by atoms with E-state index in [1.807, 2.05) is 6.92 Å². The molecule has 5 nitrogen and oxygen atoms in total. The Balaban J connectivity index is 2.04. The van der Waals surface area contributed by atoms with E-state index in [1.54, 1.807) is 11.0 Å². The van der Waals surface area contributed by atoms with Gasteiger partial charge < -0.3 is 10.0 Å². The molecule has 0 saturated carbocycles. The molecule has 0 atom stereocenters. The molecule has 2 heterocycles. The summed E-state index contributed by atoms with van der Waals surface area (Å²) in [7, 11) is 0. The van der Waals surface area contributed by atoms with E-state index < -0.39 is 5.97 Å². The zero-order chi connectivity index (χ0) is 14.0. The fraction of sp³-hybridized carbons (Fsp3) is 0.538. The number of hydrogen-bond donors (Lipinski definition) is 2. The maximum Gasteiger partial charge on any atom is 0.338 e. The molecule has 2 rings (SSSR count). The van der Waals surface area contributed by atoms with E-state index >= 15 is 0 Å². The van der Waals surface area contributed by atoms with Crippen LogP contribution in [-0.2, 0) is 0 Å². The molecule has 1 saturated heterocycles. The summed E-state index contributed by atoms with van der Waals surface area (Å²) in [6, 6.07) is 1.39. The number of piperidine rings is 1. The lowest BCUT2D eigenvalue weighted by Crippen LogP contribution is -2.40. The van der Waals surface area contributed by atoms with Gasteiger partial charge >= 0.3 is 12.0 Å². The predicted octanol–water partition coefficient (Wildman–Crippen LogP) is 3.02. The molecule has 0 radical (unpaired) electrons. The van der Waals surface area contributed by atoms with Crippen molar-refractivity contribution in [1.29, 1.82) is 0 Å². The molecule has 1 aliphatic heterocycles. The Morgan fingerprint density at radius 3 is 2.63 bits per heavy atom. The maximum absolute atomic E-state index is 12.1. The number of nitrogens with zero attached hydrogens (tertiary/aromatic N) is 1. The highest BCUT2D eigenvalue weighted by Gasteiger charge is 2.22. The first-order valence-corrected chi connectivity index (χ1v) is 7.18. The Bertz CT molecular complexity index is 490. The molecule has 0 spiro atoms. The molecule has 1 aromatic heterocycles. The largest absolute Gasteiger partial charge is 0.478 e.